The quantitative estimate of drug-likeness (QED) is 0.607. The fourth-order valence-electron chi connectivity index (χ4n) is 3.62. The van der Waals surface area contributed by atoms with Gasteiger partial charge in [0.05, 0.1) is 33.0 Å². The van der Waals surface area contributed by atoms with Gasteiger partial charge in [0.1, 0.15) is 5.75 Å². The number of methoxy groups -OCH3 is 1. The summed E-state index contributed by atoms with van der Waals surface area (Å²) in [7, 11) is 1.58. The summed E-state index contributed by atoms with van der Waals surface area (Å²) in [6, 6.07) is 10.3. The van der Waals surface area contributed by atoms with Crippen molar-refractivity contribution in [3.8, 4) is 23.0 Å². The van der Waals surface area contributed by atoms with Crippen molar-refractivity contribution in [2.45, 2.75) is 33.2 Å². The van der Waals surface area contributed by atoms with Crippen molar-refractivity contribution in [1.29, 1.82) is 0 Å². The lowest BCUT2D eigenvalue weighted by atomic mass is 10.1. The summed E-state index contributed by atoms with van der Waals surface area (Å²) in [6.45, 7) is 7.26. The zero-order chi connectivity index (χ0) is 23.1. The Hall–Kier alpha value is -3.42. The molecule has 32 heavy (non-hydrogen) atoms. The number of ether oxygens (including phenoxy) is 4. The molecule has 0 bridgehead atoms. The molecule has 3 rings (SSSR count). The van der Waals surface area contributed by atoms with Gasteiger partial charge in [0.2, 0.25) is 11.7 Å². The van der Waals surface area contributed by atoms with E-state index in [0.717, 1.165) is 5.69 Å². The van der Waals surface area contributed by atoms with E-state index in [1.54, 1.807) is 30.2 Å². The number of nitrogens with zero attached hydrogens (tertiary/aromatic N) is 1. The van der Waals surface area contributed by atoms with Gasteiger partial charge < -0.3 is 29.2 Å². The SMILES string of the molecule is CCOc1cc(C(=O)NC2CC(=O)N(c3cccc(OC)c3)C2)cc(OCC)c1OCC. The molecular weight excluding hydrogens is 412 g/mol. The van der Waals surface area contributed by atoms with Crippen LogP contribution >= 0.6 is 0 Å². The first kappa shape index (κ1) is 23.2. The average molecular weight is 443 g/mol. The second kappa shape index (κ2) is 10.7. The molecule has 0 spiro atoms. The lowest BCUT2D eigenvalue weighted by Gasteiger charge is -2.19. The Bertz CT molecular complexity index is 934. The Morgan fingerprint density at radius 1 is 1.03 bits per heavy atom. The third-order valence-corrected chi connectivity index (χ3v) is 5.00. The van der Waals surface area contributed by atoms with E-state index in [4.69, 9.17) is 18.9 Å². The lowest BCUT2D eigenvalue weighted by Crippen LogP contribution is -2.37. The number of carbonyl (C=O) groups excluding carboxylic acids is 2. The molecule has 2 aromatic rings. The third-order valence-electron chi connectivity index (χ3n) is 5.00. The molecule has 0 radical (unpaired) electrons. The molecule has 172 valence electrons. The molecule has 1 heterocycles. The molecule has 0 aliphatic carbocycles. The highest BCUT2D eigenvalue weighted by Gasteiger charge is 2.32. The number of nitrogens with one attached hydrogen (secondary N) is 1. The van der Waals surface area contributed by atoms with Crippen molar-refractivity contribution in [3.63, 3.8) is 0 Å². The lowest BCUT2D eigenvalue weighted by molar-refractivity contribution is -0.117. The van der Waals surface area contributed by atoms with Gasteiger partial charge in [0.15, 0.2) is 11.5 Å². The van der Waals surface area contributed by atoms with E-state index in [2.05, 4.69) is 5.32 Å². The summed E-state index contributed by atoms with van der Waals surface area (Å²) in [5, 5.41) is 2.96. The van der Waals surface area contributed by atoms with Gasteiger partial charge in [-0.25, -0.2) is 0 Å². The first-order valence-corrected chi connectivity index (χ1v) is 10.8. The Morgan fingerprint density at radius 3 is 2.28 bits per heavy atom. The molecule has 1 aliphatic heterocycles. The summed E-state index contributed by atoms with van der Waals surface area (Å²) in [4.78, 5) is 27.3. The van der Waals surface area contributed by atoms with Crippen molar-refractivity contribution in [2.75, 3.05) is 38.4 Å². The van der Waals surface area contributed by atoms with Crippen LogP contribution in [0, 0.1) is 0 Å². The van der Waals surface area contributed by atoms with Gasteiger partial charge in [-0.3, -0.25) is 9.59 Å². The first-order valence-electron chi connectivity index (χ1n) is 10.8. The predicted molar refractivity (Wildman–Crippen MR) is 121 cm³/mol. The number of hydrogen-bond acceptors (Lipinski definition) is 6. The zero-order valence-corrected chi connectivity index (χ0v) is 19.0. The minimum Gasteiger partial charge on any atom is -0.497 e. The molecular formula is C24H30N2O6. The van der Waals surface area contributed by atoms with E-state index in [-0.39, 0.29) is 24.3 Å². The zero-order valence-electron chi connectivity index (χ0n) is 19.0. The molecule has 1 atom stereocenters. The van der Waals surface area contributed by atoms with Crippen LogP contribution in [0.1, 0.15) is 37.6 Å². The number of amides is 2. The molecule has 2 aromatic carbocycles. The van der Waals surface area contributed by atoms with Crippen LogP contribution in [0.5, 0.6) is 23.0 Å². The van der Waals surface area contributed by atoms with Crippen molar-refractivity contribution < 1.29 is 28.5 Å². The number of rotatable bonds is 10. The Morgan fingerprint density at radius 2 is 1.69 bits per heavy atom. The highest BCUT2D eigenvalue weighted by molar-refractivity contribution is 5.99. The number of carbonyl (C=O) groups is 2. The van der Waals surface area contributed by atoms with Gasteiger partial charge >= 0.3 is 0 Å². The van der Waals surface area contributed by atoms with Crippen molar-refractivity contribution in [2.24, 2.45) is 0 Å². The fourth-order valence-corrected chi connectivity index (χ4v) is 3.62. The first-order chi connectivity index (χ1) is 15.5. The van der Waals surface area contributed by atoms with Gasteiger partial charge in [-0.2, -0.15) is 0 Å². The van der Waals surface area contributed by atoms with Crippen molar-refractivity contribution >= 4 is 17.5 Å². The maximum absolute atomic E-state index is 13.0. The summed E-state index contributed by atoms with van der Waals surface area (Å²) in [5.74, 6) is 1.69. The maximum Gasteiger partial charge on any atom is 0.251 e. The van der Waals surface area contributed by atoms with Crippen LogP contribution in [0.3, 0.4) is 0 Å². The van der Waals surface area contributed by atoms with Crippen molar-refractivity contribution in [3.05, 3.63) is 42.0 Å². The van der Waals surface area contributed by atoms with Gasteiger partial charge in [-0.1, -0.05) is 6.07 Å². The molecule has 1 aliphatic rings. The molecule has 1 unspecified atom stereocenters. The van der Waals surface area contributed by atoms with Crippen LogP contribution in [-0.4, -0.2) is 51.3 Å². The number of benzene rings is 2. The topological polar surface area (TPSA) is 86.3 Å². The molecule has 1 saturated heterocycles. The van der Waals surface area contributed by atoms with E-state index < -0.39 is 0 Å². The molecule has 1 N–H and O–H groups in total. The number of anilines is 1. The molecule has 8 nitrogen and oxygen atoms in total. The highest BCUT2D eigenvalue weighted by Crippen LogP contribution is 2.39. The van der Waals surface area contributed by atoms with Crippen LogP contribution in [-0.2, 0) is 4.79 Å². The van der Waals surface area contributed by atoms with Gasteiger partial charge in [0, 0.05) is 30.3 Å². The predicted octanol–water partition coefficient (Wildman–Crippen LogP) is 3.43. The van der Waals surface area contributed by atoms with Gasteiger partial charge in [0.25, 0.3) is 5.91 Å². The Kier molecular flexibility index (Phi) is 7.81. The Labute approximate surface area is 188 Å². The monoisotopic (exact) mass is 442 g/mol. The molecule has 1 fully saturated rings. The second-order valence-electron chi connectivity index (χ2n) is 7.18. The minimum atomic E-state index is -0.321. The summed E-state index contributed by atoms with van der Waals surface area (Å²) in [5.41, 5.74) is 1.12. The van der Waals surface area contributed by atoms with E-state index in [1.165, 1.54) is 0 Å². The number of hydrogen-bond donors (Lipinski definition) is 1. The van der Waals surface area contributed by atoms with Crippen LogP contribution in [0.25, 0.3) is 0 Å². The van der Waals surface area contributed by atoms with Gasteiger partial charge in [-0.05, 0) is 45.0 Å². The van der Waals surface area contributed by atoms with E-state index in [1.807, 2.05) is 39.0 Å². The summed E-state index contributed by atoms with van der Waals surface area (Å²) < 4.78 is 22.3. The smallest absolute Gasteiger partial charge is 0.251 e. The minimum absolute atomic E-state index is 0.0553. The second-order valence-corrected chi connectivity index (χ2v) is 7.18. The highest BCUT2D eigenvalue weighted by atomic mass is 16.5. The van der Waals surface area contributed by atoms with Crippen LogP contribution in [0.15, 0.2) is 36.4 Å². The van der Waals surface area contributed by atoms with Crippen LogP contribution < -0.4 is 29.2 Å². The third kappa shape index (κ3) is 5.25. The van der Waals surface area contributed by atoms with Gasteiger partial charge in [-0.15, -0.1) is 0 Å². The summed E-state index contributed by atoms with van der Waals surface area (Å²) >= 11 is 0. The molecule has 2 amide bonds. The molecule has 0 aromatic heterocycles. The fraction of sp³-hybridized carbons (Fsp3) is 0.417. The standard InChI is InChI=1S/C24H30N2O6/c1-5-30-20-11-16(12-21(31-6-2)23(20)32-7-3)24(28)25-17-13-22(27)26(15-17)18-9-8-10-19(14-18)29-4/h8-12,14,17H,5-7,13,15H2,1-4H3,(H,25,28). The van der Waals surface area contributed by atoms with E-state index in [9.17, 15) is 9.59 Å². The van der Waals surface area contributed by atoms with Crippen LogP contribution in [0.4, 0.5) is 5.69 Å². The Balaban J connectivity index is 1.78. The molecule has 8 heteroatoms. The van der Waals surface area contributed by atoms with E-state index >= 15 is 0 Å². The maximum atomic E-state index is 13.0. The summed E-state index contributed by atoms with van der Waals surface area (Å²) in [6.07, 6.45) is 0.219. The molecule has 0 saturated carbocycles. The largest absolute Gasteiger partial charge is 0.497 e. The normalized spacial score (nSPS) is 15.4. The van der Waals surface area contributed by atoms with E-state index in [0.29, 0.717) is 54.9 Å². The van der Waals surface area contributed by atoms with Crippen molar-refractivity contribution in [1.82, 2.24) is 5.32 Å². The average Bonchev–Trinajstić information content (AvgIpc) is 3.16. The van der Waals surface area contributed by atoms with Crippen LogP contribution in [0.2, 0.25) is 0 Å².